The maximum atomic E-state index is 13.2. The summed E-state index contributed by atoms with van der Waals surface area (Å²) >= 11 is 0. The van der Waals surface area contributed by atoms with Gasteiger partial charge in [-0.3, -0.25) is 9.88 Å². The number of anilines is 1. The summed E-state index contributed by atoms with van der Waals surface area (Å²) in [6.07, 6.45) is 2.84. The van der Waals surface area contributed by atoms with E-state index in [2.05, 4.69) is 23.7 Å². The van der Waals surface area contributed by atoms with Crippen molar-refractivity contribution in [2.75, 3.05) is 4.90 Å². The molecule has 2 aromatic carbocycles. The number of aryl methyl sites for hydroxylation is 1. The van der Waals surface area contributed by atoms with Crippen LogP contribution in [0.25, 0.3) is 6.08 Å². The molecule has 0 saturated heterocycles. The second kappa shape index (κ2) is 11.2. The number of hydrogen-bond acceptors (Lipinski definition) is 6. The number of amides is 1. The Balaban J connectivity index is 1.96. The van der Waals surface area contributed by atoms with Gasteiger partial charge >= 0.3 is 6.09 Å². The maximum Gasteiger partial charge on any atom is 0.415 e. The van der Waals surface area contributed by atoms with Crippen LogP contribution in [0.1, 0.15) is 54.3 Å². The number of nitriles is 2. The van der Waals surface area contributed by atoms with E-state index in [-0.39, 0.29) is 13.2 Å². The quantitative estimate of drug-likeness (QED) is 0.394. The second-order valence-corrected chi connectivity index (χ2v) is 9.14. The van der Waals surface area contributed by atoms with E-state index >= 15 is 0 Å². The Morgan fingerprint density at radius 2 is 1.81 bits per heavy atom. The van der Waals surface area contributed by atoms with E-state index in [0.717, 1.165) is 5.56 Å². The smallest absolute Gasteiger partial charge is 0.415 e. The molecule has 3 rings (SSSR count). The minimum atomic E-state index is -0.693. The molecular weight excluding hydrogens is 452 g/mol. The number of ether oxygens (including phenoxy) is 2. The molecule has 7 nitrogen and oxygen atoms in total. The van der Waals surface area contributed by atoms with Crippen LogP contribution in [-0.4, -0.2) is 16.7 Å². The lowest BCUT2D eigenvalue weighted by molar-refractivity contribution is 0.0577. The summed E-state index contributed by atoms with van der Waals surface area (Å²) in [5.41, 5.74) is 3.87. The molecule has 0 bridgehead atoms. The zero-order valence-electron chi connectivity index (χ0n) is 20.9. The summed E-state index contributed by atoms with van der Waals surface area (Å²) in [4.78, 5) is 19.2. The Kier molecular flexibility index (Phi) is 8.09. The van der Waals surface area contributed by atoms with Crippen LogP contribution < -0.4 is 9.64 Å². The van der Waals surface area contributed by atoms with Crippen molar-refractivity contribution >= 4 is 17.9 Å². The molecule has 0 N–H and O–H groups in total. The van der Waals surface area contributed by atoms with Crippen molar-refractivity contribution < 1.29 is 14.3 Å². The van der Waals surface area contributed by atoms with Gasteiger partial charge in [0.15, 0.2) is 0 Å². The molecule has 0 radical (unpaired) electrons. The molecule has 0 aliphatic heterocycles. The first-order valence-electron chi connectivity index (χ1n) is 11.4. The molecule has 1 heterocycles. The fourth-order valence-electron chi connectivity index (χ4n) is 3.53. The predicted molar refractivity (Wildman–Crippen MR) is 138 cm³/mol. The van der Waals surface area contributed by atoms with Crippen molar-refractivity contribution in [1.82, 2.24) is 4.98 Å². The van der Waals surface area contributed by atoms with Gasteiger partial charge in [-0.25, -0.2) is 4.79 Å². The van der Waals surface area contributed by atoms with E-state index in [1.165, 1.54) is 4.90 Å². The fraction of sp³-hybridized carbons (Fsp3) is 0.241. The standard InChI is InChI=1S/C29H28N4O3/c1-6-26-24(17-32-20(2)27(26)35-19-23-9-7-8-22(14-23)16-31)18-33(28(34)36-29(3,4)5)25-12-10-21(15-30)11-13-25/h6-14,17H,1,18-19H2,2-5H3. The van der Waals surface area contributed by atoms with Gasteiger partial charge in [0, 0.05) is 23.0 Å². The largest absolute Gasteiger partial charge is 0.486 e. The summed E-state index contributed by atoms with van der Waals surface area (Å²) < 4.78 is 11.8. The molecule has 0 aliphatic carbocycles. The summed E-state index contributed by atoms with van der Waals surface area (Å²) in [5.74, 6) is 0.550. The lowest BCUT2D eigenvalue weighted by Gasteiger charge is -2.28. The number of carbonyl (C=O) groups excluding carboxylic acids is 1. The molecular formula is C29H28N4O3. The monoisotopic (exact) mass is 480 g/mol. The highest BCUT2D eigenvalue weighted by molar-refractivity contribution is 5.88. The Labute approximate surface area is 211 Å². The van der Waals surface area contributed by atoms with Crippen LogP contribution in [0.4, 0.5) is 10.5 Å². The molecule has 1 amide bonds. The van der Waals surface area contributed by atoms with Crippen LogP contribution in [0.15, 0.2) is 61.3 Å². The topological polar surface area (TPSA) is 99.2 Å². The van der Waals surface area contributed by atoms with Crippen LogP contribution >= 0.6 is 0 Å². The summed E-state index contributed by atoms with van der Waals surface area (Å²) in [6.45, 7) is 11.6. The lowest BCUT2D eigenvalue weighted by atomic mass is 10.1. The Morgan fingerprint density at radius 3 is 2.42 bits per heavy atom. The Bertz CT molecular complexity index is 1340. The highest BCUT2D eigenvalue weighted by Gasteiger charge is 2.25. The van der Waals surface area contributed by atoms with Crippen molar-refractivity contribution in [3.05, 3.63) is 94.8 Å². The summed E-state index contributed by atoms with van der Waals surface area (Å²) in [6, 6.07) is 18.1. The molecule has 0 atom stereocenters. The van der Waals surface area contributed by atoms with E-state index in [0.29, 0.717) is 39.4 Å². The van der Waals surface area contributed by atoms with Gasteiger partial charge in [-0.1, -0.05) is 24.8 Å². The zero-order chi connectivity index (χ0) is 26.3. The molecule has 36 heavy (non-hydrogen) atoms. The highest BCUT2D eigenvalue weighted by atomic mass is 16.6. The van der Waals surface area contributed by atoms with Gasteiger partial charge in [0.2, 0.25) is 0 Å². The zero-order valence-corrected chi connectivity index (χ0v) is 20.9. The Hall–Kier alpha value is -4.62. The van der Waals surface area contributed by atoms with Crippen LogP contribution in [0.5, 0.6) is 5.75 Å². The SMILES string of the molecule is C=Cc1c(CN(C(=O)OC(C)(C)C)c2ccc(C#N)cc2)cnc(C)c1OCc1cccc(C#N)c1. The normalized spacial score (nSPS) is 10.6. The van der Waals surface area contributed by atoms with E-state index in [1.54, 1.807) is 69.4 Å². The average Bonchev–Trinajstić information content (AvgIpc) is 2.86. The molecule has 0 fully saturated rings. The number of pyridine rings is 1. The minimum absolute atomic E-state index is 0.149. The van der Waals surface area contributed by atoms with Crippen LogP contribution in [0, 0.1) is 29.6 Å². The van der Waals surface area contributed by atoms with Crippen molar-refractivity contribution in [3.63, 3.8) is 0 Å². The van der Waals surface area contributed by atoms with Gasteiger partial charge in [-0.2, -0.15) is 10.5 Å². The molecule has 0 unspecified atom stereocenters. The molecule has 0 spiro atoms. The first kappa shape index (κ1) is 26.0. The van der Waals surface area contributed by atoms with Gasteiger partial charge in [0.05, 0.1) is 35.5 Å². The molecule has 0 saturated carbocycles. The molecule has 3 aromatic rings. The first-order chi connectivity index (χ1) is 17.1. The molecule has 182 valence electrons. The van der Waals surface area contributed by atoms with Gasteiger partial charge in [0.1, 0.15) is 18.0 Å². The van der Waals surface area contributed by atoms with Gasteiger partial charge in [-0.15, -0.1) is 0 Å². The van der Waals surface area contributed by atoms with Gasteiger partial charge in [0.25, 0.3) is 0 Å². The third kappa shape index (κ3) is 6.49. The van der Waals surface area contributed by atoms with E-state index < -0.39 is 11.7 Å². The van der Waals surface area contributed by atoms with E-state index in [1.807, 2.05) is 19.1 Å². The number of aromatic nitrogens is 1. The van der Waals surface area contributed by atoms with Crippen molar-refractivity contribution in [2.24, 2.45) is 0 Å². The van der Waals surface area contributed by atoms with Crippen molar-refractivity contribution in [3.8, 4) is 17.9 Å². The van der Waals surface area contributed by atoms with E-state index in [9.17, 15) is 4.79 Å². The van der Waals surface area contributed by atoms with Crippen LogP contribution in [-0.2, 0) is 17.9 Å². The molecule has 0 aliphatic rings. The van der Waals surface area contributed by atoms with Gasteiger partial charge in [-0.05, 0) is 69.7 Å². The molecule has 7 heteroatoms. The first-order valence-corrected chi connectivity index (χ1v) is 11.4. The maximum absolute atomic E-state index is 13.2. The Morgan fingerprint density at radius 1 is 1.11 bits per heavy atom. The number of carbonyl (C=O) groups is 1. The third-order valence-corrected chi connectivity index (χ3v) is 5.23. The van der Waals surface area contributed by atoms with Crippen molar-refractivity contribution in [1.29, 1.82) is 10.5 Å². The minimum Gasteiger partial charge on any atom is -0.486 e. The van der Waals surface area contributed by atoms with E-state index in [4.69, 9.17) is 20.0 Å². The summed E-state index contributed by atoms with van der Waals surface area (Å²) in [5, 5.41) is 18.3. The average molecular weight is 481 g/mol. The van der Waals surface area contributed by atoms with Crippen LogP contribution in [0.3, 0.4) is 0 Å². The number of rotatable bonds is 7. The second-order valence-electron chi connectivity index (χ2n) is 9.14. The third-order valence-electron chi connectivity index (χ3n) is 5.23. The number of hydrogen-bond donors (Lipinski definition) is 0. The lowest BCUT2D eigenvalue weighted by Crippen LogP contribution is -2.36. The fourth-order valence-corrected chi connectivity index (χ4v) is 3.53. The van der Waals surface area contributed by atoms with Crippen LogP contribution in [0.2, 0.25) is 0 Å². The predicted octanol–water partition coefficient (Wildman–Crippen LogP) is 6.30. The molecule has 1 aromatic heterocycles. The highest BCUT2D eigenvalue weighted by Crippen LogP contribution is 2.30. The van der Waals surface area contributed by atoms with Crippen molar-refractivity contribution in [2.45, 2.75) is 46.4 Å². The number of benzene rings is 2. The number of nitrogens with zero attached hydrogens (tertiary/aromatic N) is 4. The van der Waals surface area contributed by atoms with Gasteiger partial charge < -0.3 is 9.47 Å². The summed E-state index contributed by atoms with van der Waals surface area (Å²) in [7, 11) is 0.